The molecule has 1 N–H and O–H groups in total. The molecule has 196 valence electrons. The van der Waals surface area contributed by atoms with Crippen LogP contribution in [0.15, 0.2) is 53.0 Å². The van der Waals surface area contributed by atoms with Crippen molar-refractivity contribution < 1.29 is 18.0 Å². The molecule has 9 heteroatoms. The molecule has 0 spiro atoms. The fourth-order valence-electron chi connectivity index (χ4n) is 4.69. The predicted molar refractivity (Wildman–Crippen MR) is 147 cm³/mol. The van der Waals surface area contributed by atoms with Gasteiger partial charge in [-0.15, -0.1) is 0 Å². The van der Waals surface area contributed by atoms with Crippen molar-refractivity contribution in [3.63, 3.8) is 0 Å². The minimum Gasteiger partial charge on any atom is -0.352 e. The number of carbonyl (C=O) groups is 2. The molecule has 36 heavy (non-hydrogen) atoms. The van der Waals surface area contributed by atoms with Gasteiger partial charge in [-0.3, -0.25) is 13.9 Å². The number of nitrogens with zero attached hydrogens (tertiary/aromatic N) is 2. The number of aryl methyl sites for hydroxylation is 1. The molecule has 2 aromatic carbocycles. The SMILES string of the molecule is CC[C@@H](C(=O)NC1CCCCC1)N(Cc1cccc(C)c1)C(=O)CN(c1ccc(Br)cc1)S(C)(=O)=O. The van der Waals surface area contributed by atoms with Crippen LogP contribution in [0.1, 0.15) is 56.6 Å². The summed E-state index contributed by atoms with van der Waals surface area (Å²) in [6.45, 7) is 3.68. The highest BCUT2D eigenvalue weighted by atomic mass is 79.9. The van der Waals surface area contributed by atoms with Crippen LogP contribution in [-0.4, -0.2) is 50.0 Å². The Kier molecular flexibility index (Phi) is 9.96. The van der Waals surface area contributed by atoms with Crippen molar-refractivity contribution in [2.45, 2.75) is 71.0 Å². The van der Waals surface area contributed by atoms with Gasteiger partial charge < -0.3 is 10.2 Å². The summed E-state index contributed by atoms with van der Waals surface area (Å²) in [5.41, 5.74) is 2.33. The summed E-state index contributed by atoms with van der Waals surface area (Å²) in [4.78, 5) is 28.7. The van der Waals surface area contributed by atoms with Crippen LogP contribution in [-0.2, 0) is 26.2 Å². The standard InChI is InChI=1S/C27H36BrN3O4S/c1-4-25(27(33)29-23-11-6-5-7-12-23)30(18-21-10-8-9-20(2)17-21)26(32)19-31(36(3,34)35)24-15-13-22(28)14-16-24/h8-10,13-17,23,25H,4-7,11-12,18-19H2,1-3H3,(H,29,33)/t25-/m0/s1. The van der Waals surface area contributed by atoms with Crippen LogP contribution >= 0.6 is 15.9 Å². The second kappa shape index (κ2) is 12.7. The van der Waals surface area contributed by atoms with Crippen molar-refractivity contribution in [2.24, 2.45) is 0 Å². The largest absolute Gasteiger partial charge is 0.352 e. The fraction of sp³-hybridized carbons (Fsp3) is 0.481. The minimum absolute atomic E-state index is 0.117. The van der Waals surface area contributed by atoms with Crippen LogP contribution in [0.4, 0.5) is 5.69 Å². The van der Waals surface area contributed by atoms with Crippen LogP contribution in [0.3, 0.4) is 0 Å². The number of sulfonamides is 1. The Morgan fingerprint density at radius 1 is 1.08 bits per heavy atom. The Morgan fingerprint density at radius 3 is 2.33 bits per heavy atom. The van der Waals surface area contributed by atoms with E-state index in [1.807, 2.05) is 38.1 Å². The Labute approximate surface area is 223 Å². The van der Waals surface area contributed by atoms with E-state index in [1.54, 1.807) is 24.3 Å². The lowest BCUT2D eigenvalue weighted by Crippen LogP contribution is -2.53. The molecular formula is C27H36BrN3O4S. The maximum Gasteiger partial charge on any atom is 0.244 e. The number of anilines is 1. The van der Waals surface area contributed by atoms with Gasteiger partial charge in [0, 0.05) is 17.1 Å². The average molecular weight is 579 g/mol. The fourth-order valence-corrected chi connectivity index (χ4v) is 5.81. The van der Waals surface area contributed by atoms with Gasteiger partial charge in [0.15, 0.2) is 0 Å². The lowest BCUT2D eigenvalue weighted by Gasteiger charge is -2.34. The summed E-state index contributed by atoms with van der Waals surface area (Å²) in [5.74, 6) is -0.601. The predicted octanol–water partition coefficient (Wildman–Crippen LogP) is 4.78. The monoisotopic (exact) mass is 577 g/mol. The van der Waals surface area contributed by atoms with E-state index in [4.69, 9.17) is 0 Å². The zero-order valence-electron chi connectivity index (χ0n) is 21.2. The Morgan fingerprint density at radius 2 is 1.75 bits per heavy atom. The van der Waals surface area contributed by atoms with Crippen molar-refractivity contribution in [1.82, 2.24) is 10.2 Å². The number of amides is 2. The third-order valence-corrected chi connectivity index (χ3v) is 8.24. The quantitative estimate of drug-likeness (QED) is 0.440. The average Bonchev–Trinajstić information content (AvgIpc) is 2.83. The zero-order valence-corrected chi connectivity index (χ0v) is 23.6. The van der Waals surface area contributed by atoms with Crippen LogP contribution in [0.5, 0.6) is 0 Å². The van der Waals surface area contributed by atoms with Gasteiger partial charge in [0.05, 0.1) is 11.9 Å². The number of nitrogens with one attached hydrogen (secondary N) is 1. The van der Waals surface area contributed by atoms with E-state index in [0.29, 0.717) is 12.1 Å². The Bertz CT molecular complexity index is 1150. The maximum atomic E-state index is 13.8. The summed E-state index contributed by atoms with van der Waals surface area (Å²) in [5, 5.41) is 3.15. The van der Waals surface area contributed by atoms with E-state index < -0.39 is 22.0 Å². The van der Waals surface area contributed by atoms with Crippen LogP contribution in [0, 0.1) is 6.92 Å². The topological polar surface area (TPSA) is 86.8 Å². The first kappa shape index (κ1) is 28.2. The molecule has 3 rings (SSSR count). The van der Waals surface area contributed by atoms with E-state index in [9.17, 15) is 18.0 Å². The van der Waals surface area contributed by atoms with Gasteiger partial charge in [-0.2, -0.15) is 0 Å². The van der Waals surface area contributed by atoms with Gasteiger partial charge in [0.1, 0.15) is 12.6 Å². The molecule has 1 aliphatic carbocycles. The van der Waals surface area contributed by atoms with Gasteiger partial charge in [0.25, 0.3) is 0 Å². The van der Waals surface area contributed by atoms with E-state index in [2.05, 4.69) is 21.2 Å². The molecule has 0 radical (unpaired) electrons. The third-order valence-electron chi connectivity index (χ3n) is 6.57. The van der Waals surface area contributed by atoms with Gasteiger partial charge >= 0.3 is 0 Å². The summed E-state index contributed by atoms with van der Waals surface area (Å²) in [6, 6.07) is 14.0. The van der Waals surface area contributed by atoms with Crippen molar-refractivity contribution in [1.29, 1.82) is 0 Å². The number of carbonyl (C=O) groups excluding carboxylic acids is 2. The molecule has 1 fully saturated rings. The molecule has 2 aromatic rings. The molecule has 0 heterocycles. The lowest BCUT2D eigenvalue weighted by atomic mass is 9.95. The van der Waals surface area contributed by atoms with Crippen molar-refractivity contribution >= 4 is 43.5 Å². The van der Waals surface area contributed by atoms with Gasteiger partial charge in [0.2, 0.25) is 21.8 Å². The number of benzene rings is 2. The Hall–Kier alpha value is -2.39. The van der Waals surface area contributed by atoms with Crippen LogP contribution in [0.2, 0.25) is 0 Å². The van der Waals surface area contributed by atoms with E-state index in [1.165, 1.54) is 11.3 Å². The summed E-state index contributed by atoms with van der Waals surface area (Å²) < 4.78 is 27.3. The molecule has 0 unspecified atom stereocenters. The highest BCUT2D eigenvalue weighted by molar-refractivity contribution is 9.10. The number of halogens is 1. The highest BCUT2D eigenvalue weighted by Crippen LogP contribution is 2.23. The van der Waals surface area contributed by atoms with Crippen LogP contribution in [0.25, 0.3) is 0 Å². The number of rotatable bonds is 10. The molecule has 2 amide bonds. The minimum atomic E-state index is -3.74. The molecule has 0 aromatic heterocycles. The van der Waals surface area contributed by atoms with E-state index in [0.717, 1.165) is 51.8 Å². The van der Waals surface area contributed by atoms with Crippen molar-refractivity contribution in [3.05, 3.63) is 64.1 Å². The molecular weight excluding hydrogens is 542 g/mol. The van der Waals surface area contributed by atoms with Crippen LogP contribution < -0.4 is 9.62 Å². The number of hydrogen-bond donors (Lipinski definition) is 1. The van der Waals surface area contributed by atoms with Gasteiger partial charge in [-0.05, 0) is 56.0 Å². The van der Waals surface area contributed by atoms with Gasteiger partial charge in [-0.25, -0.2) is 8.42 Å². The highest BCUT2D eigenvalue weighted by Gasteiger charge is 2.32. The summed E-state index contributed by atoms with van der Waals surface area (Å²) in [6.07, 6.45) is 6.75. The van der Waals surface area contributed by atoms with E-state index >= 15 is 0 Å². The Balaban J connectivity index is 1.90. The number of hydrogen-bond acceptors (Lipinski definition) is 4. The third kappa shape index (κ3) is 7.80. The molecule has 1 saturated carbocycles. The smallest absolute Gasteiger partial charge is 0.244 e. The molecule has 0 bridgehead atoms. The maximum absolute atomic E-state index is 13.8. The summed E-state index contributed by atoms with van der Waals surface area (Å²) >= 11 is 3.36. The first-order valence-electron chi connectivity index (χ1n) is 12.5. The molecule has 1 atom stereocenters. The first-order valence-corrected chi connectivity index (χ1v) is 15.1. The van der Waals surface area contributed by atoms with Crippen molar-refractivity contribution in [2.75, 3.05) is 17.1 Å². The molecule has 0 aliphatic heterocycles. The van der Waals surface area contributed by atoms with Crippen molar-refractivity contribution in [3.8, 4) is 0 Å². The molecule has 0 saturated heterocycles. The molecule has 1 aliphatic rings. The summed E-state index contributed by atoms with van der Waals surface area (Å²) in [7, 11) is -3.74. The first-order chi connectivity index (χ1) is 17.1. The lowest BCUT2D eigenvalue weighted by molar-refractivity contribution is -0.140. The molecule has 7 nitrogen and oxygen atoms in total. The second-order valence-electron chi connectivity index (χ2n) is 9.52. The zero-order chi connectivity index (χ0) is 26.3. The van der Waals surface area contributed by atoms with E-state index in [-0.39, 0.29) is 25.0 Å². The normalized spacial score (nSPS) is 15.2. The second-order valence-corrected chi connectivity index (χ2v) is 12.3. The van der Waals surface area contributed by atoms with Gasteiger partial charge in [-0.1, -0.05) is 71.9 Å².